The van der Waals surface area contributed by atoms with E-state index in [9.17, 15) is 18.8 Å². The lowest BCUT2D eigenvalue weighted by atomic mass is 10.0. The van der Waals surface area contributed by atoms with Crippen molar-refractivity contribution in [2.75, 3.05) is 32.7 Å². The molecule has 3 heterocycles. The summed E-state index contributed by atoms with van der Waals surface area (Å²) in [4.78, 5) is 47.6. The van der Waals surface area contributed by atoms with Crippen molar-refractivity contribution in [2.45, 2.75) is 36.5 Å². The van der Waals surface area contributed by atoms with E-state index in [1.165, 1.54) is 23.9 Å². The third-order valence-corrected chi connectivity index (χ3v) is 10.1. The summed E-state index contributed by atoms with van der Waals surface area (Å²) in [5.74, 6) is 0.137. The van der Waals surface area contributed by atoms with Gasteiger partial charge in [0.2, 0.25) is 5.91 Å². The molecule has 1 aliphatic rings. The Labute approximate surface area is 305 Å². The van der Waals surface area contributed by atoms with Crippen LogP contribution >= 0.6 is 23.4 Å². The smallest absolute Gasteiger partial charge is 0.277 e. The number of aromatic nitrogens is 4. The number of aryl methyl sites for hydroxylation is 1. The number of hydrogen-bond donors (Lipinski definition) is 1. The number of aldehydes is 1. The van der Waals surface area contributed by atoms with E-state index in [0.29, 0.717) is 67.1 Å². The Morgan fingerprint density at radius 2 is 1.69 bits per heavy atom. The van der Waals surface area contributed by atoms with Crippen LogP contribution in [-0.4, -0.2) is 74.0 Å². The Balaban J connectivity index is 1.33. The molecular weight excluding hydrogens is 689 g/mol. The van der Waals surface area contributed by atoms with Crippen LogP contribution in [0, 0.1) is 5.82 Å². The minimum atomic E-state index is -0.823. The Kier molecular flexibility index (Phi) is 12.1. The van der Waals surface area contributed by atoms with E-state index in [1.54, 1.807) is 33.8 Å². The molecule has 2 aromatic heterocycles. The highest BCUT2D eigenvalue weighted by atomic mass is 35.5. The first-order valence-corrected chi connectivity index (χ1v) is 18.1. The van der Waals surface area contributed by atoms with E-state index in [-0.39, 0.29) is 17.3 Å². The Bertz CT molecular complexity index is 2000. The maximum absolute atomic E-state index is 13.6. The number of thioether (sulfide) groups is 1. The van der Waals surface area contributed by atoms with Crippen LogP contribution in [0.2, 0.25) is 5.02 Å². The largest absolute Gasteiger partial charge is 0.340 e. The summed E-state index contributed by atoms with van der Waals surface area (Å²) in [6.07, 6.45) is 6.25. The summed E-state index contributed by atoms with van der Waals surface area (Å²) in [5.41, 5.74) is 4.80. The lowest BCUT2D eigenvalue weighted by Crippen LogP contribution is -2.48. The molecule has 1 amide bonds. The molecule has 5 aromatic rings. The highest BCUT2D eigenvalue weighted by Crippen LogP contribution is 2.27. The molecule has 13 heteroatoms. The van der Waals surface area contributed by atoms with E-state index in [4.69, 9.17) is 11.6 Å². The molecule has 1 atom stereocenters. The molecule has 1 fully saturated rings. The molecule has 0 radical (unpaired) electrons. The Morgan fingerprint density at radius 1 is 0.980 bits per heavy atom. The van der Waals surface area contributed by atoms with Crippen molar-refractivity contribution in [1.82, 2.24) is 34.4 Å². The maximum atomic E-state index is 13.6. The van der Waals surface area contributed by atoms with Crippen LogP contribution in [0.1, 0.15) is 34.8 Å². The van der Waals surface area contributed by atoms with Gasteiger partial charge >= 0.3 is 0 Å². The van der Waals surface area contributed by atoms with E-state index in [1.807, 2.05) is 66.7 Å². The second-order valence-corrected chi connectivity index (χ2v) is 13.9. The van der Waals surface area contributed by atoms with Crippen molar-refractivity contribution < 1.29 is 14.0 Å². The average molecular weight is 728 g/mol. The van der Waals surface area contributed by atoms with Crippen LogP contribution in [0.5, 0.6) is 0 Å². The number of piperazine rings is 1. The number of benzene rings is 3. The van der Waals surface area contributed by atoms with Gasteiger partial charge in [0.05, 0.1) is 12.7 Å². The number of nitrogens with one attached hydrogen (secondary N) is 1. The van der Waals surface area contributed by atoms with E-state index >= 15 is 0 Å². The Hall–Kier alpha value is -4.62. The summed E-state index contributed by atoms with van der Waals surface area (Å²) in [7, 11) is 1.81. The normalized spacial score (nSPS) is 13.9. The summed E-state index contributed by atoms with van der Waals surface area (Å²) < 4.78 is 17.1. The van der Waals surface area contributed by atoms with Gasteiger partial charge in [0.25, 0.3) is 5.56 Å². The highest BCUT2D eigenvalue weighted by molar-refractivity contribution is 7.98. The van der Waals surface area contributed by atoms with Gasteiger partial charge < -0.3 is 14.8 Å². The van der Waals surface area contributed by atoms with Gasteiger partial charge in [0.1, 0.15) is 12.0 Å². The van der Waals surface area contributed by atoms with Crippen LogP contribution in [0.3, 0.4) is 0 Å². The molecule has 264 valence electrons. The fraction of sp³-hybridized carbons (Fsp3) is 0.289. The predicted octanol–water partition coefficient (Wildman–Crippen LogP) is 5.34. The number of amides is 1. The van der Waals surface area contributed by atoms with E-state index in [0.717, 1.165) is 40.6 Å². The van der Waals surface area contributed by atoms with E-state index < -0.39 is 6.17 Å². The predicted molar refractivity (Wildman–Crippen MR) is 197 cm³/mol. The monoisotopic (exact) mass is 727 g/mol. The molecule has 51 heavy (non-hydrogen) atoms. The molecule has 0 saturated carbocycles. The maximum Gasteiger partial charge on any atom is 0.277 e. The van der Waals surface area contributed by atoms with Gasteiger partial charge in [-0.05, 0) is 58.5 Å². The third kappa shape index (κ3) is 9.59. The van der Waals surface area contributed by atoms with Gasteiger partial charge in [-0.2, -0.15) is 10.1 Å². The average Bonchev–Trinajstić information content (AvgIpc) is 3.55. The van der Waals surface area contributed by atoms with Crippen molar-refractivity contribution >= 4 is 35.6 Å². The van der Waals surface area contributed by atoms with Crippen LogP contribution in [-0.2, 0) is 35.4 Å². The first-order valence-electron chi connectivity index (χ1n) is 16.8. The second kappa shape index (κ2) is 17.1. The SMILES string of the molecule is Cn1cc(Cc2cn(C(C=O)N(CCCN3CCNCC3=O)Cc3ccc(-c4ccc(Cl)cc4)cc3)c(SCc3ccc(F)cc3)nc2=O)cn1. The lowest BCUT2D eigenvalue weighted by Gasteiger charge is -2.33. The molecule has 3 aromatic carbocycles. The number of halogens is 2. The summed E-state index contributed by atoms with van der Waals surface area (Å²) >= 11 is 7.41. The molecule has 6 rings (SSSR count). The van der Waals surface area contributed by atoms with Gasteiger partial charge in [-0.1, -0.05) is 71.9 Å². The van der Waals surface area contributed by atoms with Crippen molar-refractivity contribution in [1.29, 1.82) is 0 Å². The van der Waals surface area contributed by atoms with Crippen LogP contribution in [0.25, 0.3) is 11.1 Å². The quantitative estimate of drug-likeness (QED) is 0.0876. The minimum Gasteiger partial charge on any atom is -0.340 e. The van der Waals surface area contributed by atoms with Gasteiger partial charge in [-0.3, -0.25) is 24.0 Å². The fourth-order valence-corrected chi connectivity index (χ4v) is 7.15. The fourth-order valence-electron chi connectivity index (χ4n) is 6.08. The number of hydrogen-bond acceptors (Lipinski definition) is 8. The molecule has 0 bridgehead atoms. The van der Waals surface area contributed by atoms with E-state index in [2.05, 4.69) is 20.3 Å². The second-order valence-electron chi connectivity index (χ2n) is 12.5. The lowest BCUT2D eigenvalue weighted by molar-refractivity contribution is -0.132. The molecule has 1 unspecified atom stereocenters. The third-order valence-electron chi connectivity index (χ3n) is 8.78. The zero-order valence-electron chi connectivity index (χ0n) is 28.3. The van der Waals surface area contributed by atoms with Crippen LogP contribution in [0.4, 0.5) is 4.39 Å². The van der Waals surface area contributed by atoms with Gasteiger partial charge in [0.15, 0.2) is 11.4 Å². The van der Waals surface area contributed by atoms with Gasteiger partial charge in [-0.25, -0.2) is 4.39 Å². The minimum absolute atomic E-state index is 0.0571. The molecule has 0 aliphatic carbocycles. The van der Waals surface area contributed by atoms with Gasteiger partial charge in [0, 0.05) is 74.9 Å². The van der Waals surface area contributed by atoms with Crippen molar-refractivity contribution in [2.24, 2.45) is 7.05 Å². The summed E-state index contributed by atoms with van der Waals surface area (Å²) in [6.45, 7) is 3.16. The van der Waals surface area contributed by atoms with Crippen molar-refractivity contribution in [3.05, 3.63) is 135 Å². The van der Waals surface area contributed by atoms with Gasteiger partial charge in [-0.15, -0.1) is 0 Å². The first-order chi connectivity index (χ1) is 24.7. The topological polar surface area (TPSA) is 105 Å². The number of rotatable bonds is 15. The first kappa shape index (κ1) is 36.2. The highest BCUT2D eigenvalue weighted by Gasteiger charge is 2.25. The summed E-state index contributed by atoms with van der Waals surface area (Å²) in [5, 5.41) is 8.39. The molecule has 1 N–H and O–H groups in total. The Morgan fingerprint density at radius 3 is 2.35 bits per heavy atom. The molecule has 1 aliphatic heterocycles. The van der Waals surface area contributed by atoms with Crippen molar-refractivity contribution in [3.8, 4) is 11.1 Å². The zero-order valence-corrected chi connectivity index (χ0v) is 29.8. The van der Waals surface area contributed by atoms with Crippen molar-refractivity contribution in [3.63, 3.8) is 0 Å². The number of carbonyl (C=O) groups excluding carboxylic acids is 2. The number of nitrogens with zero attached hydrogens (tertiary/aromatic N) is 6. The molecule has 1 saturated heterocycles. The standard InChI is InChI=1S/C38H39ClFN7O3S/c1-44-22-29(20-42-44)19-32-24-47(38(43-37(32)50)51-26-28-5-13-34(40)14-6-28)35(25-48)46(17-2-16-45-18-15-41-21-36(45)49)23-27-3-7-30(8-4-27)31-9-11-33(39)12-10-31/h3-14,20,22,24-25,35,41H,2,15-19,21,23,26H2,1H3. The number of carbonyl (C=O) groups is 2. The summed E-state index contributed by atoms with van der Waals surface area (Å²) in [6, 6.07) is 22.0. The molecule has 0 spiro atoms. The molecular formula is C38H39ClFN7O3S. The van der Waals surface area contributed by atoms with Crippen LogP contribution in [0.15, 0.2) is 101 Å². The van der Waals surface area contributed by atoms with Crippen LogP contribution < -0.4 is 10.9 Å². The zero-order chi connectivity index (χ0) is 35.7. The molecule has 10 nitrogen and oxygen atoms in total.